The monoisotopic (exact) mass is 463 g/mol. The van der Waals surface area contributed by atoms with Gasteiger partial charge in [-0.1, -0.05) is 47.6 Å². The van der Waals surface area contributed by atoms with Gasteiger partial charge in [0.05, 0.1) is 12.0 Å². The van der Waals surface area contributed by atoms with Crippen LogP contribution < -0.4 is 10.2 Å². The summed E-state index contributed by atoms with van der Waals surface area (Å²) in [5, 5.41) is 1.72. The summed E-state index contributed by atoms with van der Waals surface area (Å²) < 4.78 is 17.7. The molecule has 5 rings (SSSR count). The second-order valence-electron chi connectivity index (χ2n) is 7.09. The fraction of sp³-hybridized carbons (Fsp3) is 0.120. The Hall–Kier alpha value is -3.22. The molecule has 0 N–H and O–H groups in total. The van der Waals surface area contributed by atoms with Gasteiger partial charge in [-0.25, -0.2) is 4.98 Å². The third-order valence-corrected chi connectivity index (χ3v) is 6.06. The van der Waals surface area contributed by atoms with E-state index >= 15 is 0 Å². The average Bonchev–Trinajstić information content (AvgIpc) is 3.23. The number of aromatic nitrogens is 1. The largest absolute Gasteiger partial charge is 0.486 e. The quantitative estimate of drug-likeness (QED) is 0.195. The van der Waals surface area contributed by atoms with E-state index in [1.165, 1.54) is 11.8 Å². The molecule has 0 atom stereocenters. The molecule has 2 aromatic heterocycles. The predicted octanol–water partition coefficient (Wildman–Crippen LogP) is 6.82. The fourth-order valence-corrected chi connectivity index (χ4v) is 4.23. The van der Waals surface area contributed by atoms with E-state index in [0.29, 0.717) is 40.0 Å². The lowest BCUT2D eigenvalue weighted by Gasteiger charge is -2.11. The van der Waals surface area contributed by atoms with Crippen molar-refractivity contribution in [3.63, 3.8) is 0 Å². The van der Waals surface area contributed by atoms with E-state index in [2.05, 4.69) is 4.98 Å². The van der Waals surface area contributed by atoms with Crippen LogP contribution in [0.4, 0.5) is 0 Å². The number of hydrogen-bond donors (Lipinski definition) is 0. The van der Waals surface area contributed by atoms with E-state index in [1.807, 2.05) is 48.5 Å². The minimum absolute atomic E-state index is 0.191. The molecule has 0 fully saturated rings. The highest BCUT2D eigenvalue weighted by Gasteiger charge is 2.17. The molecule has 0 aliphatic carbocycles. The van der Waals surface area contributed by atoms with Crippen molar-refractivity contribution < 1.29 is 13.6 Å². The normalized spacial score (nSPS) is 11.3. The molecule has 5 aromatic rings. The number of nitrogens with zero attached hydrogens (tertiary/aromatic N) is 1. The zero-order chi connectivity index (χ0) is 21.9. The van der Waals surface area contributed by atoms with E-state index in [0.717, 1.165) is 22.4 Å². The van der Waals surface area contributed by atoms with Gasteiger partial charge in [0, 0.05) is 16.3 Å². The molecule has 5 nitrogen and oxygen atoms in total. The first-order valence-electron chi connectivity index (χ1n) is 10.1. The van der Waals surface area contributed by atoms with Gasteiger partial charge in [0.1, 0.15) is 11.1 Å². The van der Waals surface area contributed by atoms with Gasteiger partial charge < -0.3 is 13.6 Å². The minimum Gasteiger partial charge on any atom is -0.486 e. The SMILES string of the molecule is O=c1c(OCCCSc2nc3ccccc3o2)c(-c2ccc(Cl)cc2)oc2ccccc12. The Morgan fingerprint density at radius 3 is 2.47 bits per heavy atom. The lowest BCUT2D eigenvalue weighted by Crippen LogP contribution is -2.11. The Labute approximate surface area is 193 Å². The summed E-state index contributed by atoms with van der Waals surface area (Å²) in [5.74, 6) is 1.34. The van der Waals surface area contributed by atoms with Gasteiger partial charge in [0.15, 0.2) is 11.3 Å². The summed E-state index contributed by atoms with van der Waals surface area (Å²) in [6.07, 6.45) is 0.704. The molecule has 0 amide bonds. The van der Waals surface area contributed by atoms with Crippen molar-refractivity contribution in [1.29, 1.82) is 0 Å². The van der Waals surface area contributed by atoms with Crippen LogP contribution in [0.1, 0.15) is 6.42 Å². The lowest BCUT2D eigenvalue weighted by molar-refractivity contribution is 0.310. The zero-order valence-corrected chi connectivity index (χ0v) is 18.5. The van der Waals surface area contributed by atoms with Crippen molar-refractivity contribution in [2.75, 3.05) is 12.4 Å². The van der Waals surface area contributed by atoms with Crippen LogP contribution in [0.3, 0.4) is 0 Å². The third-order valence-electron chi connectivity index (χ3n) is 4.90. The van der Waals surface area contributed by atoms with Gasteiger partial charge in [-0.05, 0) is 55.0 Å². The number of oxazole rings is 1. The molecule has 0 unspecified atom stereocenters. The summed E-state index contributed by atoms with van der Waals surface area (Å²) in [6.45, 7) is 0.358. The summed E-state index contributed by atoms with van der Waals surface area (Å²) >= 11 is 7.54. The summed E-state index contributed by atoms with van der Waals surface area (Å²) in [6, 6.07) is 22.0. The number of halogens is 1. The number of fused-ring (bicyclic) bond motifs is 2. The van der Waals surface area contributed by atoms with Crippen LogP contribution in [0.25, 0.3) is 33.4 Å². The number of thioether (sulfide) groups is 1. The molecule has 0 radical (unpaired) electrons. The van der Waals surface area contributed by atoms with E-state index in [4.69, 9.17) is 25.2 Å². The molecule has 0 bridgehead atoms. The molecule has 2 heterocycles. The van der Waals surface area contributed by atoms with E-state index < -0.39 is 0 Å². The number of ether oxygens (including phenoxy) is 1. The van der Waals surface area contributed by atoms with Gasteiger partial charge in [-0.3, -0.25) is 4.79 Å². The van der Waals surface area contributed by atoms with Gasteiger partial charge in [0.2, 0.25) is 11.2 Å². The maximum absolute atomic E-state index is 13.1. The van der Waals surface area contributed by atoms with Gasteiger partial charge in [-0.15, -0.1) is 0 Å². The van der Waals surface area contributed by atoms with Crippen LogP contribution in [-0.4, -0.2) is 17.3 Å². The molecule has 160 valence electrons. The molecular formula is C25H18ClNO4S. The highest BCUT2D eigenvalue weighted by atomic mass is 35.5. The molecule has 0 aliphatic heterocycles. The van der Waals surface area contributed by atoms with E-state index in [9.17, 15) is 4.79 Å². The van der Waals surface area contributed by atoms with Gasteiger partial charge in [0.25, 0.3) is 5.22 Å². The van der Waals surface area contributed by atoms with Crippen molar-refractivity contribution >= 4 is 45.4 Å². The Morgan fingerprint density at radius 2 is 1.66 bits per heavy atom. The Balaban J connectivity index is 1.33. The second-order valence-corrected chi connectivity index (χ2v) is 8.57. The van der Waals surface area contributed by atoms with Crippen LogP contribution in [0.5, 0.6) is 5.75 Å². The maximum Gasteiger partial charge on any atom is 0.256 e. The molecule has 0 spiro atoms. The Morgan fingerprint density at radius 1 is 0.906 bits per heavy atom. The molecule has 7 heteroatoms. The first-order chi connectivity index (χ1) is 15.7. The summed E-state index contributed by atoms with van der Waals surface area (Å²) in [7, 11) is 0. The van der Waals surface area contributed by atoms with Gasteiger partial charge in [-0.2, -0.15) is 0 Å². The number of rotatable bonds is 7. The summed E-state index contributed by atoms with van der Waals surface area (Å²) in [4.78, 5) is 17.6. The third kappa shape index (κ3) is 4.24. The van der Waals surface area contributed by atoms with E-state index in [-0.39, 0.29) is 11.2 Å². The number of benzene rings is 3. The second kappa shape index (κ2) is 9.10. The van der Waals surface area contributed by atoms with Crippen molar-refractivity contribution in [3.05, 3.63) is 88.0 Å². The molecule has 3 aromatic carbocycles. The Bertz CT molecular complexity index is 1410. The number of hydrogen-bond acceptors (Lipinski definition) is 6. The number of para-hydroxylation sites is 3. The highest BCUT2D eigenvalue weighted by molar-refractivity contribution is 7.99. The molecule has 0 saturated carbocycles. The fourth-order valence-electron chi connectivity index (χ4n) is 3.35. The molecule has 32 heavy (non-hydrogen) atoms. The Kier molecular flexibility index (Phi) is 5.88. The van der Waals surface area contributed by atoms with Crippen LogP contribution in [0.15, 0.2) is 91.6 Å². The topological polar surface area (TPSA) is 65.5 Å². The predicted molar refractivity (Wildman–Crippen MR) is 128 cm³/mol. The van der Waals surface area contributed by atoms with Gasteiger partial charge >= 0.3 is 0 Å². The van der Waals surface area contributed by atoms with Crippen molar-refractivity contribution in [1.82, 2.24) is 4.98 Å². The van der Waals surface area contributed by atoms with Crippen LogP contribution in [0.2, 0.25) is 5.02 Å². The molecule has 0 aliphatic rings. The van der Waals surface area contributed by atoms with E-state index in [1.54, 1.807) is 24.3 Å². The first-order valence-corrected chi connectivity index (χ1v) is 11.5. The minimum atomic E-state index is -0.191. The van der Waals surface area contributed by atoms with Crippen LogP contribution >= 0.6 is 23.4 Å². The van der Waals surface area contributed by atoms with Crippen molar-refractivity contribution in [2.45, 2.75) is 11.6 Å². The summed E-state index contributed by atoms with van der Waals surface area (Å²) in [5.41, 5.74) is 2.66. The molecule has 0 saturated heterocycles. The average molecular weight is 464 g/mol. The first kappa shape index (κ1) is 20.7. The van der Waals surface area contributed by atoms with Crippen molar-refractivity contribution in [2.24, 2.45) is 0 Å². The van der Waals surface area contributed by atoms with Crippen molar-refractivity contribution in [3.8, 4) is 17.1 Å². The van der Waals surface area contributed by atoms with Crippen LogP contribution in [-0.2, 0) is 0 Å². The maximum atomic E-state index is 13.1. The standard InChI is InChI=1S/C25H18ClNO4S/c26-17-12-10-16(11-13-17)23-24(22(28)18-6-1-3-8-20(18)30-23)29-14-5-15-32-25-27-19-7-2-4-9-21(19)31-25/h1-4,6-13H,5,14-15H2. The van der Waals surface area contributed by atoms with Crippen LogP contribution in [0, 0.1) is 0 Å². The lowest BCUT2D eigenvalue weighted by atomic mass is 10.1. The smallest absolute Gasteiger partial charge is 0.256 e. The zero-order valence-electron chi connectivity index (χ0n) is 16.9. The molecular weight excluding hydrogens is 446 g/mol. The highest BCUT2D eigenvalue weighted by Crippen LogP contribution is 2.32.